The highest BCUT2D eigenvalue weighted by atomic mass is 16.4. The van der Waals surface area contributed by atoms with Gasteiger partial charge < -0.3 is 9.52 Å². The summed E-state index contributed by atoms with van der Waals surface area (Å²) in [6.45, 7) is 0. The second kappa shape index (κ2) is 6.52. The molecule has 1 N–H and O–H groups in total. The molecule has 1 aliphatic rings. The van der Waals surface area contributed by atoms with Gasteiger partial charge in [-0.2, -0.15) is 0 Å². The van der Waals surface area contributed by atoms with Gasteiger partial charge in [0.15, 0.2) is 0 Å². The molecule has 1 aliphatic carbocycles. The first kappa shape index (κ1) is 13.1. The van der Waals surface area contributed by atoms with Gasteiger partial charge in [0.1, 0.15) is 0 Å². The predicted octanol–water partition coefficient (Wildman–Crippen LogP) is 2.60. The van der Waals surface area contributed by atoms with E-state index in [4.69, 9.17) is 9.52 Å². The summed E-state index contributed by atoms with van der Waals surface area (Å²) in [7, 11) is 0. The lowest BCUT2D eigenvalue weighted by Crippen LogP contribution is -1.96. The zero-order valence-corrected chi connectivity index (χ0v) is 10.6. The molecular weight excluding hydrogens is 232 g/mol. The number of aliphatic carboxylic acids is 1. The van der Waals surface area contributed by atoms with Crippen LogP contribution in [-0.2, 0) is 17.6 Å². The van der Waals surface area contributed by atoms with Crippen LogP contribution < -0.4 is 0 Å². The highest BCUT2D eigenvalue weighted by Crippen LogP contribution is 2.28. The van der Waals surface area contributed by atoms with E-state index in [1.807, 2.05) is 0 Å². The Morgan fingerprint density at radius 1 is 1.22 bits per heavy atom. The van der Waals surface area contributed by atoms with E-state index in [9.17, 15) is 4.79 Å². The quantitative estimate of drug-likeness (QED) is 0.807. The smallest absolute Gasteiger partial charge is 0.303 e. The van der Waals surface area contributed by atoms with Crippen LogP contribution in [0, 0.1) is 5.92 Å². The number of aromatic nitrogens is 2. The molecule has 0 unspecified atom stereocenters. The summed E-state index contributed by atoms with van der Waals surface area (Å²) in [5, 5.41) is 16.5. The van der Waals surface area contributed by atoms with Crippen LogP contribution in [0.1, 0.15) is 56.7 Å². The van der Waals surface area contributed by atoms with Crippen LogP contribution >= 0.6 is 0 Å². The summed E-state index contributed by atoms with van der Waals surface area (Å²) in [4.78, 5) is 10.4. The van der Waals surface area contributed by atoms with Gasteiger partial charge >= 0.3 is 5.97 Å². The van der Waals surface area contributed by atoms with Gasteiger partial charge in [-0.05, 0) is 18.8 Å². The Morgan fingerprint density at radius 3 is 2.56 bits per heavy atom. The summed E-state index contributed by atoms with van der Waals surface area (Å²) in [5.41, 5.74) is 0. The summed E-state index contributed by atoms with van der Waals surface area (Å²) >= 11 is 0. The van der Waals surface area contributed by atoms with Gasteiger partial charge in [0.25, 0.3) is 0 Å². The van der Waals surface area contributed by atoms with E-state index in [1.54, 1.807) is 0 Å². The molecule has 0 aliphatic heterocycles. The van der Waals surface area contributed by atoms with E-state index >= 15 is 0 Å². The van der Waals surface area contributed by atoms with Gasteiger partial charge in [-0.1, -0.05) is 25.7 Å². The maximum atomic E-state index is 10.4. The molecule has 18 heavy (non-hydrogen) atoms. The van der Waals surface area contributed by atoms with E-state index in [0.717, 1.165) is 18.8 Å². The van der Waals surface area contributed by atoms with Crippen LogP contribution in [0.4, 0.5) is 0 Å². The number of rotatable bonds is 7. The molecule has 0 saturated heterocycles. The average molecular weight is 252 g/mol. The highest BCUT2D eigenvalue weighted by molar-refractivity contribution is 5.66. The maximum absolute atomic E-state index is 10.4. The first-order chi connectivity index (χ1) is 8.74. The fraction of sp³-hybridized carbons (Fsp3) is 0.769. The molecule has 0 spiro atoms. The van der Waals surface area contributed by atoms with Gasteiger partial charge in [0.2, 0.25) is 11.8 Å². The van der Waals surface area contributed by atoms with Crippen LogP contribution in [0.2, 0.25) is 0 Å². The van der Waals surface area contributed by atoms with Gasteiger partial charge in [0, 0.05) is 19.3 Å². The molecule has 5 heteroatoms. The van der Waals surface area contributed by atoms with Gasteiger partial charge in [-0.3, -0.25) is 4.79 Å². The Kier molecular flexibility index (Phi) is 4.73. The average Bonchev–Trinajstić information content (AvgIpc) is 2.96. The number of hydrogen-bond donors (Lipinski definition) is 1. The molecular formula is C13H20N2O3. The molecule has 0 radical (unpaired) electrons. The third kappa shape index (κ3) is 4.13. The van der Waals surface area contributed by atoms with Crippen LogP contribution in [0.3, 0.4) is 0 Å². The molecule has 1 aromatic rings. The molecule has 1 saturated carbocycles. The van der Waals surface area contributed by atoms with Crippen LogP contribution in [0.15, 0.2) is 4.42 Å². The number of hydrogen-bond acceptors (Lipinski definition) is 4. The number of carboxylic acid groups (broad SMARTS) is 1. The van der Waals surface area contributed by atoms with E-state index in [0.29, 0.717) is 24.6 Å². The lowest BCUT2D eigenvalue weighted by atomic mass is 10.0. The van der Waals surface area contributed by atoms with Crippen molar-refractivity contribution in [1.29, 1.82) is 0 Å². The van der Waals surface area contributed by atoms with Crippen molar-refractivity contribution in [1.82, 2.24) is 10.2 Å². The zero-order valence-electron chi connectivity index (χ0n) is 10.6. The Bertz CT molecular complexity index is 383. The number of aryl methyl sites for hydroxylation is 2. The minimum atomic E-state index is -0.782. The molecule has 2 rings (SSSR count). The summed E-state index contributed by atoms with van der Waals surface area (Å²) in [6.07, 6.45) is 8.64. The molecule has 100 valence electrons. The molecule has 1 fully saturated rings. The van der Waals surface area contributed by atoms with Crippen LogP contribution in [0.25, 0.3) is 0 Å². The first-order valence-electron chi connectivity index (χ1n) is 6.77. The van der Waals surface area contributed by atoms with Crippen molar-refractivity contribution < 1.29 is 14.3 Å². The summed E-state index contributed by atoms with van der Waals surface area (Å²) < 4.78 is 5.51. The van der Waals surface area contributed by atoms with Crippen molar-refractivity contribution in [2.45, 2.75) is 57.8 Å². The third-order valence-corrected chi connectivity index (χ3v) is 3.53. The monoisotopic (exact) mass is 252 g/mol. The normalized spacial score (nSPS) is 16.2. The van der Waals surface area contributed by atoms with Gasteiger partial charge in [-0.15, -0.1) is 10.2 Å². The second-order valence-corrected chi connectivity index (χ2v) is 5.03. The Morgan fingerprint density at radius 2 is 1.89 bits per heavy atom. The van der Waals surface area contributed by atoms with Gasteiger partial charge in [-0.25, -0.2) is 0 Å². The summed E-state index contributed by atoms with van der Waals surface area (Å²) in [5.74, 6) is 1.31. The minimum absolute atomic E-state index is 0.153. The fourth-order valence-electron chi connectivity index (χ4n) is 2.51. The number of carboxylic acids is 1. The molecule has 0 aromatic carbocycles. The van der Waals surface area contributed by atoms with Crippen molar-refractivity contribution in [3.63, 3.8) is 0 Å². The minimum Gasteiger partial charge on any atom is -0.481 e. The first-order valence-corrected chi connectivity index (χ1v) is 6.77. The molecule has 0 amide bonds. The van der Waals surface area contributed by atoms with E-state index in [2.05, 4.69) is 10.2 Å². The predicted molar refractivity (Wildman–Crippen MR) is 65.2 cm³/mol. The number of carbonyl (C=O) groups is 1. The maximum Gasteiger partial charge on any atom is 0.303 e. The van der Waals surface area contributed by atoms with E-state index < -0.39 is 5.97 Å². The van der Waals surface area contributed by atoms with Crippen LogP contribution in [-0.4, -0.2) is 21.3 Å². The van der Waals surface area contributed by atoms with Crippen molar-refractivity contribution in [2.24, 2.45) is 5.92 Å². The molecule has 1 heterocycles. The SMILES string of the molecule is O=C(O)CCCc1nnc(CCC2CCCC2)o1. The third-order valence-electron chi connectivity index (χ3n) is 3.53. The van der Waals surface area contributed by atoms with Crippen molar-refractivity contribution in [2.75, 3.05) is 0 Å². The number of nitrogens with zero attached hydrogens (tertiary/aromatic N) is 2. The lowest BCUT2D eigenvalue weighted by Gasteiger charge is -2.04. The van der Waals surface area contributed by atoms with Crippen LogP contribution in [0.5, 0.6) is 0 Å². The molecule has 0 atom stereocenters. The highest BCUT2D eigenvalue weighted by Gasteiger charge is 2.16. The van der Waals surface area contributed by atoms with Crippen molar-refractivity contribution in [3.8, 4) is 0 Å². The largest absolute Gasteiger partial charge is 0.481 e. The van der Waals surface area contributed by atoms with E-state index in [-0.39, 0.29) is 6.42 Å². The van der Waals surface area contributed by atoms with Crippen molar-refractivity contribution in [3.05, 3.63) is 11.8 Å². The Hall–Kier alpha value is -1.39. The Labute approximate surface area is 107 Å². The Balaban J connectivity index is 1.70. The molecule has 5 nitrogen and oxygen atoms in total. The standard InChI is InChI=1S/C13H20N2O3/c16-13(17)7-3-6-11-14-15-12(18-11)9-8-10-4-1-2-5-10/h10H,1-9H2,(H,16,17). The zero-order chi connectivity index (χ0) is 12.8. The summed E-state index contributed by atoms with van der Waals surface area (Å²) in [6, 6.07) is 0. The fourth-order valence-corrected chi connectivity index (χ4v) is 2.51. The molecule has 1 aromatic heterocycles. The van der Waals surface area contributed by atoms with Gasteiger partial charge in [0.05, 0.1) is 0 Å². The van der Waals surface area contributed by atoms with E-state index in [1.165, 1.54) is 25.7 Å². The second-order valence-electron chi connectivity index (χ2n) is 5.03. The topological polar surface area (TPSA) is 76.2 Å². The van der Waals surface area contributed by atoms with Crippen molar-refractivity contribution >= 4 is 5.97 Å². The molecule has 0 bridgehead atoms. The lowest BCUT2D eigenvalue weighted by molar-refractivity contribution is -0.137.